The van der Waals surface area contributed by atoms with Crippen LogP contribution in [0.4, 0.5) is 0 Å². The summed E-state index contributed by atoms with van der Waals surface area (Å²) in [7, 11) is 0. The average Bonchev–Trinajstić information content (AvgIpc) is 3.00. The molecule has 0 radical (unpaired) electrons. The van der Waals surface area contributed by atoms with Crippen molar-refractivity contribution < 1.29 is 14.3 Å². The fourth-order valence-corrected chi connectivity index (χ4v) is 3.50. The Balaban J connectivity index is 1.41. The van der Waals surface area contributed by atoms with Gasteiger partial charge in [0.25, 0.3) is 5.91 Å². The van der Waals surface area contributed by atoms with E-state index in [0.29, 0.717) is 31.0 Å². The normalized spacial score (nSPS) is 15.2. The summed E-state index contributed by atoms with van der Waals surface area (Å²) in [4.78, 5) is 12.8. The van der Waals surface area contributed by atoms with Crippen molar-refractivity contribution in [3.05, 3.63) is 76.6 Å². The van der Waals surface area contributed by atoms with Gasteiger partial charge in [0.1, 0.15) is 12.7 Å². The lowest BCUT2D eigenvalue weighted by molar-refractivity contribution is 0.0788. The summed E-state index contributed by atoms with van der Waals surface area (Å²) in [6, 6.07) is 15.9. The van der Waals surface area contributed by atoms with Gasteiger partial charge in [0, 0.05) is 5.69 Å². The lowest BCUT2D eigenvalue weighted by atomic mass is 10.1. The number of ether oxygens (including phenoxy) is 2. The number of nitrogens with zero attached hydrogens (tertiary/aromatic N) is 2. The summed E-state index contributed by atoms with van der Waals surface area (Å²) in [5.41, 5.74) is 4.57. The van der Waals surface area contributed by atoms with Gasteiger partial charge in [-0.25, -0.2) is 0 Å². The van der Waals surface area contributed by atoms with Crippen LogP contribution in [0.3, 0.4) is 0 Å². The zero-order valence-electron chi connectivity index (χ0n) is 16.9. The van der Waals surface area contributed by atoms with Crippen LogP contribution >= 0.6 is 0 Å². The maximum absolute atomic E-state index is 12.8. The van der Waals surface area contributed by atoms with Gasteiger partial charge in [-0.1, -0.05) is 42.0 Å². The second-order valence-corrected chi connectivity index (χ2v) is 7.40. The van der Waals surface area contributed by atoms with Crippen molar-refractivity contribution in [2.45, 2.75) is 33.4 Å². The number of hydrogen-bond acceptors (Lipinski definition) is 4. The molecule has 150 valence electrons. The molecule has 6 heteroatoms. The summed E-state index contributed by atoms with van der Waals surface area (Å²) < 4.78 is 13.5. The minimum atomic E-state index is -0.225. The highest BCUT2D eigenvalue weighted by atomic mass is 16.6. The predicted molar refractivity (Wildman–Crippen MR) is 111 cm³/mol. The van der Waals surface area contributed by atoms with E-state index in [0.717, 1.165) is 22.7 Å². The number of hydrogen-bond donors (Lipinski definition) is 1. The maximum atomic E-state index is 12.8. The minimum Gasteiger partial charge on any atom is -0.486 e. The fourth-order valence-electron chi connectivity index (χ4n) is 3.50. The first-order chi connectivity index (χ1) is 14.0. The van der Waals surface area contributed by atoms with Gasteiger partial charge in [-0.3, -0.25) is 9.48 Å². The number of benzene rings is 2. The Labute approximate surface area is 170 Å². The number of fused-ring (bicyclic) bond motifs is 1. The number of aryl methyl sites for hydroxylation is 2. The third kappa shape index (κ3) is 4.11. The second kappa shape index (κ2) is 7.99. The van der Waals surface area contributed by atoms with Crippen molar-refractivity contribution >= 4 is 5.91 Å². The zero-order chi connectivity index (χ0) is 20.4. The molecule has 0 saturated carbocycles. The van der Waals surface area contributed by atoms with Crippen LogP contribution in [0.2, 0.25) is 0 Å². The van der Waals surface area contributed by atoms with Crippen molar-refractivity contribution in [1.29, 1.82) is 0 Å². The second-order valence-electron chi connectivity index (χ2n) is 7.40. The molecule has 3 aromatic rings. The molecule has 0 bridgehead atoms. The standard InChI is InChI=1S/C23H25N3O3/c1-15-8-10-18(11-9-15)13-26-17(3)22(16(2)25-26)23(27)24-12-19-14-28-20-6-4-5-7-21(20)29-19/h4-11,19H,12-14H2,1-3H3,(H,24,27)/t19-/m0/s1. The molecule has 0 aliphatic carbocycles. The molecule has 6 nitrogen and oxygen atoms in total. The first kappa shape index (κ1) is 19.1. The van der Waals surface area contributed by atoms with Crippen LogP contribution in [0.25, 0.3) is 0 Å². The molecule has 0 unspecified atom stereocenters. The van der Waals surface area contributed by atoms with Gasteiger partial charge in [0.05, 0.1) is 24.3 Å². The van der Waals surface area contributed by atoms with Crippen LogP contribution in [0, 0.1) is 20.8 Å². The lowest BCUT2D eigenvalue weighted by Gasteiger charge is -2.26. The summed E-state index contributed by atoms with van der Waals surface area (Å²) in [5.74, 6) is 1.30. The van der Waals surface area contributed by atoms with Crippen molar-refractivity contribution in [2.75, 3.05) is 13.2 Å². The largest absolute Gasteiger partial charge is 0.486 e. The smallest absolute Gasteiger partial charge is 0.255 e. The van der Waals surface area contributed by atoms with Crippen molar-refractivity contribution in [1.82, 2.24) is 15.1 Å². The predicted octanol–water partition coefficient (Wildman–Crippen LogP) is 3.43. The summed E-state index contributed by atoms with van der Waals surface area (Å²) >= 11 is 0. The molecule has 1 N–H and O–H groups in total. The molecule has 0 fully saturated rings. The quantitative estimate of drug-likeness (QED) is 0.724. The molecule has 1 amide bonds. The van der Waals surface area contributed by atoms with Gasteiger partial charge in [-0.05, 0) is 38.5 Å². The monoisotopic (exact) mass is 391 g/mol. The Hall–Kier alpha value is -3.28. The van der Waals surface area contributed by atoms with Crippen LogP contribution in [0.1, 0.15) is 32.9 Å². The van der Waals surface area contributed by atoms with Gasteiger partial charge in [0.2, 0.25) is 0 Å². The van der Waals surface area contributed by atoms with Gasteiger partial charge in [0.15, 0.2) is 11.5 Å². The maximum Gasteiger partial charge on any atom is 0.255 e. The fraction of sp³-hybridized carbons (Fsp3) is 0.304. The van der Waals surface area contributed by atoms with Gasteiger partial charge in [-0.2, -0.15) is 5.10 Å². The van der Waals surface area contributed by atoms with E-state index in [1.54, 1.807) is 0 Å². The number of aromatic nitrogens is 2. The van der Waals surface area contributed by atoms with E-state index in [1.807, 2.05) is 42.8 Å². The third-order valence-electron chi connectivity index (χ3n) is 5.12. The number of nitrogens with one attached hydrogen (secondary N) is 1. The van der Waals surface area contributed by atoms with Gasteiger partial charge >= 0.3 is 0 Å². The Morgan fingerprint density at radius 1 is 1.10 bits per heavy atom. The van der Waals surface area contributed by atoms with Crippen LogP contribution in [-0.2, 0) is 6.54 Å². The highest BCUT2D eigenvalue weighted by Crippen LogP contribution is 2.30. The van der Waals surface area contributed by atoms with E-state index in [9.17, 15) is 4.79 Å². The molecule has 1 aliphatic heterocycles. The Kier molecular flexibility index (Phi) is 5.25. The summed E-state index contributed by atoms with van der Waals surface area (Å²) in [6.07, 6.45) is -0.225. The zero-order valence-corrected chi connectivity index (χ0v) is 16.9. The third-order valence-corrected chi connectivity index (χ3v) is 5.12. The average molecular weight is 391 g/mol. The van der Waals surface area contributed by atoms with E-state index in [2.05, 4.69) is 41.6 Å². The molecule has 0 spiro atoms. The Bertz CT molecular complexity index is 1020. The molecular formula is C23H25N3O3. The van der Waals surface area contributed by atoms with E-state index in [4.69, 9.17) is 9.47 Å². The molecular weight excluding hydrogens is 366 g/mol. The lowest BCUT2D eigenvalue weighted by Crippen LogP contribution is -2.41. The van der Waals surface area contributed by atoms with Crippen LogP contribution in [-0.4, -0.2) is 34.9 Å². The highest BCUT2D eigenvalue weighted by Gasteiger charge is 2.23. The first-order valence-corrected chi connectivity index (χ1v) is 9.77. The first-order valence-electron chi connectivity index (χ1n) is 9.77. The van der Waals surface area contributed by atoms with Crippen molar-refractivity contribution in [3.8, 4) is 11.5 Å². The Morgan fingerprint density at radius 2 is 1.83 bits per heavy atom. The molecule has 2 aromatic carbocycles. The van der Waals surface area contributed by atoms with Crippen molar-refractivity contribution in [3.63, 3.8) is 0 Å². The molecule has 1 atom stereocenters. The number of rotatable bonds is 5. The van der Waals surface area contributed by atoms with E-state index >= 15 is 0 Å². The summed E-state index contributed by atoms with van der Waals surface area (Å²) in [6.45, 7) is 7.27. The molecule has 2 heterocycles. The van der Waals surface area contributed by atoms with Crippen LogP contribution < -0.4 is 14.8 Å². The highest BCUT2D eigenvalue weighted by molar-refractivity contribution is 5.96. The molecule has 1 aromatic heterocycles. The minimum absolute atomic E-state index is 0.141. The molecule has 4 rings (SSSR count). The molecule has 0 saturated heterocycles. The molecule has 29 heavy (non-hydrogen) atoms. The van der Waals surface area contributed by atoms with E-state index in [-0.39, 0.29) is 12.0 Å². The van der Waals surface area contributed by atoms with Crippen LogP contribution in [0.15, 0.2) is 48.5 Å². The summed E-state index contributed by atoms with van der Waals surface area (Å²) in [5, 5.41) is 7.54. The SMILES string of the molecule is Cc1ccc(Cn2nc(C)c(C(=O)NC[C@H]3COc4ccccc4O3)c2C)cc1. The number of para-hydroxylation sites is 2. The topological polar surface area (TPSA) is 65.4 Å². The van der Waals surface area contributed by atoms with Gasteiger partial charge in [-0.15, -0.1) is 0 Å². The van der Waals surface area contributed by atoms with E-state index in [1.165, 1.54) is 5.56 Å². The number of carbonyl (C=O) groups is 1. The van der Waals surface area contributed by atoms with Crippen molar-refractivity contribution in [2.24, 2.45) is 0 Å². The Morgan fingerprint density at radius 3 is 2.59 bits per heavy atom. The number of carbonyl (C=O) groups excluding carboxylic acids is 1. The molecule has 1 aliphatic rings. The van der Waals surface area contributed by atoms with Gasteiger partial charge < -0.3 is 14.8 Å². The van der Waals surface area contributed by atoms with E-state index < -0.39 is 0 Å². The number of amides is 1. The van der Waals surface area contributed by atoms with Crippen LogP contribution in [0.5, 0.6) is 11.5 Å².